The molecule has 2 aliphatic rings. The SMILES string of the molecule is Cc1ccc(C)c(NC(=O)N2CCC[C@H]2c2nnc(C(=O)Nc3ccc4c(c3)OCO4)s2)c1. The molecule has 33 heavy (non-hydrogen) atoms. The van der Waals surface area contributed by atoms with Crippen LogP contribution in [0.4, 0.5) is 16.2 Å². The number of fused-ring (bicyclic) bond motifs is 1. The Kier molecular flexibility index (Phi) is 5.59. The van der Waals surface area contributed by atoms with Gasteiger partial charge in [0, 0.05) is 24.0 Å². The normalized spacial score (nSPS) is 16.7. The standard InChI is InChI=1S/C23H23N5O4S/c1-13-5-6-14(2)16(10-13)25-23(30)28-9-3-4-17(28)21-26-27-22(33-21)20(29)24-15-7-8-18-19(11-15)32-12-31-18/h5-8,10-11,17H,3-4,9,12H2,1-2H3,(H,24,29)(H,25,30)/t17-/m0/s1. The van der Waals surface area contributed by atoms with E-state index in [-0.39, 0.29) is 29.8 Å². The Morgan fingerprint density at radius 3 is 2.79 bits per heavy atom. The monoisotopic (exact) mass is 465 g/mol. The number of benzene rings is 2. The molecule has 3 aromatic rings. The molecule has 2 aliphatic heterocycles. The number of carbonyl (C=O) groups excluding carboxylic acids is 2. The van der Waals surface area contributed by atoms with Crippen LogP contribution in [0.5, 0.6) is 11.5 Å². The Labute approximate surface area is 194 Å². The molecule has 1 fully saturated rings. The fourth-order valence-corrected chi connectivity index (χ4v) is 4.83. The van der Waals surface area contributed by atoms with Crippen molar-refractivity contribution in [1.82, 2.24) is 15.1 Å². The van der Waals surface area contributed by atoms with E-state index in [1.54, 1.807) is 23.1 Å². The lowest BCUT2D eigenvalue weighted by Gasteiger charge is -2.23. The van der Waals surface area contributed by atoms with Gasteiger partial charge in [-0.15, -0.1) is 10.2 Å². The maximum atomic E-state index is 13.0. The van der Waals surface area contributed by atoms with Crippen LogP contribution in [0.3, 0.4) is 0 Å². The summed E-state index contributed by atoms with van der Waals surface area (Å²) in [6.07, 6.45) is 1.64. The second kappa shape index (κ2) is 8.70. The van der Waals surface area contributed by atoms with E-state index in [1.165, 1.54) is 11.3 Å². The molecule has 0 unspecified atom stereocenters. The molecule has 0 radical (unpaired) electrons. The number of likely N-dealkylation sites (tertiary alicyclic amines) is 1. The van der Waals surface area contributed by atoms with Crippen LogP contribution < -0.4 is 20.1 Å². The number of aromatic nitrogens is 2. The van der Waals surface area contributed by atoms with Crippen LogP contribution in [0.15, 0.2) is 36.4 Å². The summed E-state index contributed by atoms with van der Waals surface area (Å²) in [5, 5.41) is 15.0. The first kappa shape index (κ1) is 21.2. The number of hydrogen-bond acceptors (Lipinski definition) is 7. The van der Waals surface area contributed by atoms with Crippen molar-refractivity contribution >= 4 is 34.6 Å². The molecule has 2 N–H and O–H groups in total. The van der Waals surface area contributed by atoms with E-state index in [0.717, 1.165) is 29.7 Å². The molecular weight excluding hydrogens is 442 g/mol. The van der Waals surface area contributed by atoms with Gasteiger partial charge in [0.25, 0.3) is 5.91 Å². The summed E-state index contributed by atoms with van der Waals surface area (Å²) in [7, 11) is 0. The Balaban J connectivity index is 1.27. The summed E-state index contributed by atoms with van der Waals surface area (Å²) < 4.78 is 10.6. The van der Waals surface area contributed by atoms with E-state index in [1.807, 2.05) is 32.0 Å². The summed E-state index contributed by atoms with van der Waals surface area (Å²) in [5.41, 5.74) is 3.46. The van der Waals surface area contributed by atoms with Gasteiger partial charge in [-0.05, 0) is 56.0 Å². The predicted molar refractivity (Wildman–Crippen MR) is 124 cm³/mol. The Bertz CT molecular complexity index is 1230. The van der Waals surface area contributed by atoms with Crippen LogP contribution in [-0.4, -0.2) is 40.4 Å². The molecule has 0 aliphatic carbocycles. The summed E-state index contributed by atoms with van der Waals surface area (Å²) in [6, 6.07) is 10.8. The molecule has 3 heterocycles. The van der Waals surface area contributed by atoms with Gasteiger partial charge in [-0.25, -0.2) is 4.79 Å². The highest BCUT2D eigenvalue weighted by atomic mass is 32.1. The third-order valence-electron chi connectivity index (χ3n) is 5.70. The number of hydrogen-bond donors (Lipinski definition) is 2. The minimum absolute atomic E-state index is 0.168. The third kappa shape index (κ3) is 4.34. The zero-order valence-corrected chi connectivity index (χ0v) is 19.1. The summed E-state index contributed by atoms with van der Waals surface area (Å²) >= 11 is 1.20. The van der Waals surface area contributed by atoms with Gasteiger partial charge in [0.2, 0.25) is 11.8 Å². The van der Waals surface area contributed by atoms with Gasteiger partial charge < -0.3 is 25.0 Å². The molecule has 1 aromatic heterocycles. The molecule has 9 nitrogen and oxygen atoms in total. The van der Waals surface area contributed by atoms with Gasteiger partial charge in [0.1, 0.15) is 5.01 Å². The molecule has 5 rings (SSSR count). The number of carbonyl (C=O) groups is 2. The summed E-state index contributed by atoms with van der Waals surface area (Å²) in [6.45, 7) is 4.75. The Morgan fingerprint density at radius 2 is 1.91 bits per heavy atom. The van der Waals surface area contributed by atoms with Crippen LogP contribution in [0.25, 0.3) is 0 Å². The number of urea groups is 1. The van der Waals surface area contributed by atoms with Gasteiger partial charge in [0.05, 0.1) is 6.04 Å². The number of nitrogens with one attached hydrogen (secondary N) is 2. The quantitative estimate of drug-likeness (QED) is 0.588. The predicted octanol–water partition coefficient (Wildman–Crippen LogP) is 4.50. The molecule has 170 valence electrons. The number of aryl methyl sites for hydroxylation is 2. The fourth-order valence-electron chi connectivity index (χ4n) is 3.94. The lowest BCUT2D eigenvalue weighted by Crippen LogP contribution is -2.34. The van der Waals surface area contributed by atoms with E-state index in [4.69, 9.17) is 9.47 Å². The van der Waals surface area contributed by atoms with Crippen LogP contribution >= 0.6 is 11.3 Å². The highest BCUT2D eigenvalue weighted by Gasteiger charge is 2.33. The summed E-state index contributed by atoms with van der Waals surface area (Å²) in [4.78, 5) is 27.5. The van der Waals surface area contributed by atoms with E-state index >= 15 is 0 Å². The topological polar surface area (TPSA) is 106 Å². The van der Waals surface area contributed by atoms with Gasteiger partial charge >= 0.3 is 6.03 Å². The van der Waals surface area contributed by atoms with Crippen LogP contribution in [-0.2, 0) is 0 Å². The average molecular weight is 466 g/mol. The maximum absolute atomic E-state index is 13.0. The van der Waals surface area contributed by atoms with Gasteiger partial charge in [-0.1, -0.05) is 23.5 Å². The molecule has 2 aromatic carbocycles. The van der Waals surface area contributed by atoms with Crippen molar-refractivity contribution in [2.75, 3.05) is 24.0 Å². The van der Waals surface area contributed by atoms with Crippen molar-refractivity contribution in [3.8, 4) is 11.5 Å². The van der Waals surface area contributed by atoms with Crippen molar-refractivity contribution in [3.05, 3.63) is 57.5 Å². The average Bonchev–Trinajstić information content (AvgIpc) is 3.55. The van der Waals surface area contributed by atoms with E-state index in [2.05, 4.69) is 20.8 Å². The molecule has 0 saturated carbocycles. The second-order valence-electron chi connectivity index (χ2n) is 8.07. The number of ether oxygens (including phenoxy) is 2. The van der Waals surface area contributed by atoms with E-state index < -0.39 is 0 Å². The first-order valence-electron chi connectivity index (χ1n) is 10.7. The zero-order valence-electron chi connectivity index (χ0n) is 18.3. The van der Waals surface area contributed by atoms with Crippen molar-refractivity contribution in [1.29, 1.82) is 0 Å². The molecule has 1 atom stereocenters. The zero-order chi connectivity index (χ0) is 22.9. The number of rotatable bonds is 4. The fraction of sp³-hybridized carbons (Fsp3) is 0.304. The Morgan fingerprint density at radius 1 is 1.06 bits per heavy atom. The van der Waals surface area contributed by atoms with Crippen LogP contribution in [0.2, 0.25) is 0 Å². The lowest BCUT2D eigenvalue weighted by atomic mass is 10.1. The van der Waals surface area contributed by atoms with Gasteiger partial charge in [-0.3, -0.25) is 4.79 Å². The van der Waals surface area contributed by atoms with Gasteiger partial charge in [0.15, 0.2) is 11.5 Å². The highest BCUT2D eigenvalue weighted by molar-refractivity contribution is 7.13. The maximum Gasteiger partial charge on any atom is 0.322 e. The van der Waals surface area contributed by atoms with Crippen molar-refractivity contribution in [2.24, 2.45) is 0 Å². The molecule has 3 amide bonds. The number of nitrogens with zero attached hydrogens (tertiary/aromatic N) is 3. The van der Waals surface area contributed by atoms with Crippen molar-refractivity contribution < 1.29 is 19.1 Å². The Hall–Kier alpha value is -3.66. The smallest absolute Gasteiger partial charge is 0.322 e. The molecular formula is C23H23N5O4S. The molecule has 1 saturated heterocycles. The van der Waals surface area contributed by atoms with Gasteiger partial charge in [-0.2, -0.15) is 0 Å². The minimum Gasteiger partial charge on any atom is -0.454 e. The molecule has 10 heteroatoms. The molecule has 0 bridgehead atoms. The molecule has 0 spiro atoms. The highest BCUT2D eigenvalue weighted by Crippen LogP contribution is 2.36. The van der Waals surface area contributed by atoms with E-state index in [9.17, 15) is 9.59 Å². The first-order chi connectivity index (χ1) is 16.0. The summed E-state index contributed by atoms with van der Waals surface area (Å²) in [5.74, 6) is 0.871. The third-order valence-corrected chi connectivity index (χ3v) is 6.72. The van der Waals surface area contributed by atoms with Crippen LogP contribution in [0, 0.1) is 13.8 Å². The second-order valence-corrected chi connectivity index (χ2v) is 9.08. The minimum atomic E-state index is -0.359. The van der Waals surface area contributed by atoms with E-state index in [0.29, 0.717) is 28.7 Å². The number of anilines is 2. The van der Waals surface area contributed by atoms with Crippen LogP contribution in [0.1, 0.15) is 44.8 Å². The lowest BCUT2D eigenvalue weighted by molar-refractivity contribution is 0.102. The van der Waals surface area contributed by atoms with Crippen molar-refractivity contribution in [3.63, 3.8) is 0 Å². The largest absolute Gasteiger partial charge is 0.454 e. The number of amides is 3. The van der Waals surface area contributed by atoms with Crippen molar-refractivity contribution in [2.45, 2.75) is 32.7 Å². The first-order valence-corrected chi connectivity index (χ1v) is 11.5.